The normalized spacial score (nSPS) is 10.2. The minimum absolute atomic E-state index is 0.0425. The Bertz CT molecular complexity index is 613. The molecule has 0 radical (unpaired) electrons. The molecule has 0 atom stereocenters. The molecule has 0 aliphatic heterocycles. The number of benzene rings is 2. The Morgan fingerprint density at radius 1 is 1.19 bits per heavy atom. The van der Waals surface area contributed by atoms with Gasteiger partial charge in [0.05, 0.1) is 7.11 Å². The van der Waals surface area contributed by atoms with Gasteiger partial charge in [0.15, 0.2) is 0 Å². The number of para-hydroxylation sites is 1. The van der Waals surface area contributed by atoms with Crippen molar-refractivity contribution in [1.82, 2.24) is 5.32 Å². The van der Waals surface area contributed by atoms with Crippen LogP contribution in [0.25, 0.3) is 0 Å². The highest BCUT2D eigenvalue weighted by atomic mass is 79.9. The Morgan fingerprint density at radius 3 is 2.76 bits per heavy atom. The van der Waals surface area contributed by atoms with E-state index >= 15 is 0 Å². The fourth-order valence-corrected chi connectivity index (χ4v) is 2.53. The summed E-state index contributed by atoms with van der Waals surface area (Å²) in [5, 5.41) is 2.93. The van der Waals surface area contributed by atoms with Crippen molar-refractivity contribution in [2.45, 2.75) is 19.4 Å². The molecule has 0 unspecified atom stereocenters. The second kappa shape index (κ2) is 7.84. The summed E-state index contributed by atoms with van der Waals surface area (Å²) in [7, 11) is 1.63. The molecule has 4 heteroatoms. The molecule has 3 nitrogen and oxygen atoms in total. The molecule has 0 aliphatic carbocycles. The van der Waals surface area contributed by atoms with Crippen molar-refractivity contribution in [3.05, 3.63) is 64.1 Å². The summed E-state index contributed by atoms with van der Waals surface area (Å²) in [5.41, 5.74) is 2.13. The van der Waals surface area contributed by atoms with Crippen LogP contribution in [0.5, 0.6) is 5.75 Å². The molecule has 0 aromatic heterocycles. The highest BCUT2D eigenvalue weighted by Gasteiger charge is 2.05. The molecule has 0 saturated carbocycles. The summed E-state index contributed by atoms with van der Waals surface area (Å²) in [6.07, 6.45) is 1.21. The number of ether oxygens (including phenoxy) is 1. The molecule has 0 spiro atoms. The van der Waals surface area contributed by atoms with Crippen molar-refractivity contribution in [3.63, 3.8) is 0 Å². The molecule has 2 aromatic rings. The van der Waals surface area contributed by atoms with Crippen LogP contribution in [0.3, 0.4) is 0 Å². The van der Waals surface area contributed by atoms with Crippen LogP contribution >= 0.6 is 15.9 Å². The first kappa shape index (κ1) is 15.6. The van der Waals surface area contributed by atoms with Gasteiger partial charge >= 0.3 is 0 Å². The van der Waals surface area contributed by atoms with Crippen molar-refractivity contribution < 1.29 is 9.53 Å². The highest BCUT2D eigenvalue weighted by molar-refractivity contribution is 9.10. The maximum Gasteiger partial charge on any atom is 0.220 e. The summed E-state index contributed by atoms with van der Waals surface area (Å²) in [5.74, 6) is 0.839. The number of hydrogen-bond acceptors (Lipinski definition) is 2. The number of amides is 1. The predicted octanol–water partition coefficient (Wildman–Crippen LogP) is 3.71. The molecule has 2 aromatic carbocycles. The molecule has 110 valence electrons. The highest BCUT2D eigenvalue weighted by Crippen LogP contribution is 2.17. The Morgan fingerprint density at radius 2 is 2.00 bits per heavy atom. The molecule has 0 saturated heterocycles. The Balaban J connectivity index is 1.82. The zero-order valence-electron chi connectivity index (χ0n) is 11.9. The topological polar surface area (TPSA) is 38.3 Å². The van der Waals surface area contributed by atoms with E-state index < -0.39 is 0 Å². The molecular formula is C17H18BrNO2. The molecule has 0 fully saturated rings. The van der Waals surface area contributed by atoms with Crippen LogP contribution < -0.4 is 10.1 Å². The van der Waals surface area contributed by atoms with Crippen LogP contribution in [0.4, 0.5) is 0 Å². The van der Waals surface area contributed by atoms with Crippen molar-refractivity contribution in [2.75, 3.05) is 7.11 Å². The number of nitrogens with one attached hydrogen (secondary N) is 1. The second-order valence-corrected chi connectivity index (χ2v) is 5.63. The van der Waals surface area contributed by atoms with Crippen molar-refractivity contribution >= 4 is 21.8 Å². The van der Waals surface area contributed by atoms with E-state index in [0.29, 0.717) is 13.0 Å². The van der Waals surface area contributed by atoms with Gasteiger partial charge in [0.25, 0.3) is 0 Å². The van der Waals surface area contributed by atoms with Crippen LogP contribution in [0.2, 0.25) is 0 Å². The van der Waals surface area contributed by atoms with Crippen molar-refractivity contribution in [1.29, 1.82) is 0 Å². The van der Waals surface area contributed by atoms with E-state index in [1.807, 2.05) is 48.5 Å². The Kier molecular flexibility index (Phi) is 5.81. The number of halogens is 1. The lowest BCUT2D eigenvalue weighted by atomic mass is 10.1. The van der Waals surface area contributed by atoms with E-state index in [9.17, 15) is 4.79 Å². The number of rotatable bonds is 6. The van der Waals surface area contributed by atoms with Gasteiger partial charge in [0.2, 0.25) is 5.91 Å². The SMILES string of the molecule is COc1ccccc1CNC(=O)CCc1cccc(Br)c1. The number of methoxy groups -OCH3 is 1. The molecule has 0 aliphatic rings. The molecule has 1 amide bonds. The maximum atomic E-state index is 11.9. The number of carbonyl (C=O) groups excluding carboxylic acids is 1. The molecule has 21 heavy (non-hydrogen) atoms. The van der Waals surface area contributed by atoms with Gasteiger partial charge in [-0.15, -0.1) is 0 Å². The molecule has 0 bridgehead atoms. The van der Waals surface area contributed by atoms with Gasteiger partial charge < -0.3 is 10.1 Å². The summed E-state index contributed by atoms with van der Waals surface area (Å²) in [6, 6.07) is 15.7. The van der Waals surface area contributed by atoms with E-state index in [-0.39, 0.29) is 5.91 Å². The number of carbonyl (C=O) groups is 1. The monoisotopic (exact) mass is 347 g/mol. The van der Waals surface area contributed by atoms with E-state index in [4.69, 9.17) is 4.74 Å². The Hall–Kier alpha value is -1.81. The predicted molar refractivity (Wildman–Crippen MR) is 87.3 cm³/mol. The zero-order chi connectivity index (χ0) is 15.1. The largest absolute Gasteiger partial charge is 0.496 e. The smallest absolute Gasteiger partial charge is 0.220 e. The molecule has 2 rings (SSSR count). The van der Waals surface area contributed by atoms with Crippen LogP contribution in [0.1, 0.15) is 17.5 Å². The van der Waals surface area contributed by atoms with Gasteiger partial charge in [-0.25, -0.2) is 0 Å². The fourth-order valence-electron chi connectivity index (χ4n) is 2.08. The lowest BCUT2D eigenvalue weighted by Crippen LogP contribution is -2.23. The number of aryl methyl sites for hydroxylation is 1. The molecule has 0 heterocycles. The van der Waals surface area contributed by atoms with Crippen molar-refractivity contribution in [3.8, 4) is 5.75 Å². The van der Waals surface area contributed by atoms with Crippen molar-refractivity contribution in [2.24, 2.45) is 0 Å². The van der Waals surface area contributed by atoms with Gasteiger partial charge in [-0.2, -0.15) is 0 Å². The summed E-state index contributed by atoms with van der Waals surface area (Å²) in [4.78, 5) is 11.9. The average molecular weight is 348 g/mol. The van der Waals surface area contributed by atoms with Gasteiger partial charge in [-0.3, -0.25) is 4.79 Å². The van der Waals surface area contributed by atoms with Crippen LogP contribution in [-0.2, 0) is 17.8 Å². The molecule has 1 N–H and O–H groups in total. The van der Waals surface area contributed by atoms with Crippen LogP contribution in [-0.4, -0.2) is 13.0 Å². The third-order valence-electron chi connectivity index (χ3n) is 3.20. The van der Waals surface area contributed by atoms with Gasteiger partial charge in [-0.05, 0) is 30.2 Å². The van der Waals surface area contributed by atoms with Crippen LogP contribution in [0, 0.1) is 0 Å². The Labute approximate surface area is 133 Å². The van der Waals surface area contributed by atoms with Gasteiger partial charge in [-0.1, -0.05) is 46.3 Å². The van der Waals surface area contributed by atoms with Crippen LogP contribution in [0.15, 0.2) is 53.0 Å². The summed E-state index contributed by atoms with van der Waals surface area (Å²) in [6.45, 7) is 0.487. The first-order valence-electron chi connectivity index (χ1n) is 6.82. The summed E-state index contributed by atoms with van der Waals surface area (Å²) >= 11 is 3.43. The minimum Gasteiger partial charge on any atom is -0.496 e. The zero-order valence-corrected chi connectivity index (χ0v) is 13.5. The lowest BCUT2D eigenvalue weighted by Gasteiger charge is -2.09. The maximum absolute atomic E-state index is 11.9. The lowest BCUT2D eigenvalue weighted by molar-refractivity contribution is -0.121. The summed E-state index contributed by atoms with van der Waals surface area (Å²) < 4.78 is 6.30. The van der Waals surface area contributed by atoms with Gasteiger partial charge in [0, 0.05) is 23.0 Å². The first-order valence-corrected chi connectivity index (χ1v) is 7.61. The van der Waals surface area contributed by atoms with Gasteiger partial charge in [0.1, 0.15) is 5.75 Å². The van der Waals surface area contributed by atoms with E-state index in [1.165, 1.54) is 0 Å². The first-order chi connectivity index (χ1) is 10.2. The van der Waals surface area contributed by atoms with E-state index in [1.54, 1.807) is 7.11 Å². The molecular weight excluding hydrogens is 330 g/mol. The number of hydrogen-bond donors (Lipinski definition) is 1. The standard InChI is InChI=1S/C17H18BrNO2/c1-21-16-8-3-2-6-14(16)12-19-17(20)10-9-13-5-4-7-15(18)11-13/h2-8,11H,9-10,12H2,1H3,(H,19,20). The second-order valence-electron chi connectivity index (χ2n) is 4.72. The minimum atomic E-state index is 0.0425. The average Bonchev–Trinajstić information content (AvgIpc) is 2.51. The quantitative estimate of drug-likeness (QED) is 0.864. The van der Waals surface area contributed by atoms with E-state index in [0.717, 1.165) is 27.8 Å². The van der Waals surface area contributed by atoms with E-state index in [2.05, 4.69) is 21.2 Å². The third kappa shape index (κ3) is 4.90. The fraction of sp³-hybridized carbons (Fsp3) is 0.235. The third-order valence-corrected chi connectivity index (χ3v) is 3.69.